The van der Waals surface area contributed by atoms with Gasteiger partial charge in [-0.05, 0) is 12.1 Å². The summed E-state index contributed by atoms with van der Waals surface area (Å²) in [5.41, 5.74) is 0.902. The van der Waals surface area contributed by atoms with E-state index in [4.69, 9.17) is 14.7 Å². The van der Waals surface area contributed by atoms with Gasteiger partial charge < -0.3 is 9.47 Å². The van der Waals surface area contributed by atoms with Crippen molar-refractivity contribution < 1.29 is 14.3 Å². The highest BCUT2D eigenvalue weighted by Crippen LogP contribution is 2.23. The van der Waals surface area contributed by atoms with Crippen LogP contribution in [0.5, 0.6) is 5.75 Å². The normalized spacial score (nSPS) is 16.1. The second-order valence-electron chi connectivity index (χ2n) is 3.53. The van der Waals surface area contributed by atoms with E-state index in [2.05, 4.69) is 4.99 Å². The van der Waals surface area contributed by atoms with Gasteiger partial charge in [0.1, 0.15) is 11.8 Å². The third kappa shape index (κ3) is 2.55. The van der Waals surface area contributed by atoms with Crippen LogP contribution in [0.4, 0.5) is 0 Å². The second-order valence-corrected chi connectivity index (χ2v) is 3.53. The zero-order valence-electron chi connectivity index (χ0n) is 9.71. The van der Waals surface area contributed by atoms with E-state index < -0.39 is 5.97 Å². The number of carbonyl (C=O) groups is 1. The van der Waals surface area contributed by atoms with E-state index in [0.29, 0.717) is 17.2 Å². The summed E-state index contributed by atoms with van der Waals surface area (Å²) < 4.78 is 10.1. The maximum absolute atomic E-state index is 11.4. The fourth-order valence-corrected chi connectivity index (χ4v) is 1.50. The van der Waals surface area contributed by atoms with Crippen molar-refractivity contribution in [2.75, 3.05) is 6.61 Å². The van der Waals surface area contributed by atoms with Crippen LogP contribution in [-0.2, 0) is 9.53 Å². The number of cyclic esters (lactones) is 1. The van der Waals surface area contributed by atoms with Crippen LogP contribution in [-0.4, -0.2) is 18.5 Å². The van der Waals surface area contributed by atoms with E-state index in [1.165, 1.54) is 0 Å². The van der Waals surface area contributed by atoms with Gasteiger partial charge in [0, 0.05) is 12.5 Å². The van der Waals surface area contributed by atoms with Crippen molar-refractivity contribution >= 4 is 17.9 Å². The van der Waals surface area contributed by atoms with Gasteiger partial charge in [0.15, 0.2) is 18.2 Å². The molecule has 0 bridgehead atoms. The van der Waals surface area contributed by atoms with Crippen LogP contribution in [0.15, 0.2) is 35.0 Å². The highest BCUT2D eigenvalue weighted by molar-refractivity contribution is 6.06. The molecule has 1 aromatic carbocycles. The summed E-state index contributed by atoms with van der Waals surface area (Å²) >= 11 is 0. The Labute approximate surface area is 104 Å². The lowest BCUT2D eigenvalue weighted by Crippen LogP contribution is -2.00. The number of aliphatic imine (C=N–C) groups is 1. The van der Waals surface area contributed by atoms with Crippen LogP contribution in [0.3, 0.4) is 0 Å². The van der Waals surface area contributed by atoms with Crippen LogP contribution in [0.2, 0.25) is 0 Å². The van der Waals surface area contributed by atoms with Gasteiger partial charge in [0.05, 0.1) is 0 Å². The Morgan fingerprint density at radius 2 is 2.28 bits per heavy atom. The fraction of sp³-hybridized carbons (Fsp3) is 0.154. The first kappa shape index (κ1) is 11.9. The Morgan fingerprint density at radius 3 is 2.94 bits per heavy atom. The molecule has 5 heteroatoms. The average molecular weight is 242 g/mol. The molecule has 0 N–H and O–H groups in total. The molecule has 0 radical (unpaired) electrons. The number of nitriles is 1. The van der Waals surface area contributed by atoms with Crippen LogP contribution >= 0.6 is 0 Å². The second kappa shape index (κ2) is 5.15. The lowest BCUT2D eigenvalue weighted by Gasteiger charge is -2.05. The summed E-state index contributed by atoms with van der Waals surface area (Å²) in [5, 5.41) is 8.49. The lowest BCUT2D eigenvalue weighted by molar-refractivity contribution is -0.130. The molecule has 0 saturated heterocycles. The fourth-order valence-electron chi connectivity index (χ4n) is 1.50. The third-order valence-electron chi connectivity index (χ3n) is 2.23. The number of ether oxygens (including phenoxy) is 2. The molecule has 1 heterocycles. The van der Waals surface area contributed by atoms with Gasteiger partial charge in [-0.2, -0.15) is 5.26 Å². The molecule has 0 unspecified atom stereocenters. The van der Waals surface area contributed by atoms with E-state index in [1.807, 2.05) is 12.1 Å². The van der Waals surface area contributed by atoms with E-state index in [-0.39, 0.29) is 12.3 Å². The summed E-state index contributed by atoms with van der Waals surface area (Å²) in [6.07, 6.45) is 1.57. The topological polar surface area (TPSA) is 71.7 Å². The molecule has 0 atom stereocenters. The van der Waals surface area contributed by atoms with Crippen molar-refractivity contribution in [2.24, 2.45) is 4.99 Å². The third-order valence-corrected chi connectivity index (χ3v) is 2.23. The molecule has 2 rings (SSSR count). The quantitative estimate of drug-likeness (QED) is 0.599. The first-order valence-electron chi connectivity index (χ1n) is 5.28. The number of nitrogens with zero attached hydrogens (tertiary/aromatic N) is 2. The minimum Gasteiger partial charge on any atom is -0.478 e. The molecule has 0 aromatic heterocycles. The highest BCUT2D eigenvalue weighted by atomic mass is 16.6. The van der Waals surface area contributed by atoms with E-state index in [9.17, 15) is 4.79 Å². The van der Waals surface area contributed by atoms with Gasteiger partial charge in [-0.3, -0.25) is 0 Å². The molecular formula is C13H10N2O3. The summed E-state index contributed by atoms with van der Waals surface area (Å²) in [7, 11) is 0. The number of para-hydroxylation sites is 1. The van der Waals surface area contributed by atoms with Crippen molar-refractivity contribution in [3.8, 4) is 11.8 Å². The molecule has 0 amide bonds. The molecule has 18 heavy (non-hydrogen) atoms. The molecule has 90 valence electrons. The summed E-state index contributed by atoms with van der Waals surface area (Å²) in [5.74, 6) is 0.364. The molecule has 0 spiro atoms. The summed E-state index contributed by atoms with van der Waals surface area (Å²) in [6, 6.07) is 8.98. The minimum absolute atomic E-state index is 0.0487. The van der Waals surface area contributed by atoms with Gasteiger partial charge in [-0.15, -0.1) is 0 Å². The number of esters is 1. The van der Waals surface area contributed by atoms with Crippen LogP contribution in [0.1, 0.15) is 12.5 Å². The van der Waals surface area contributed by atoms with Crippen molar-refractivity contribution in [1.29, 1.82) is 5.26 Å². The summed E-state index contributed by atoms with van der Waals surface area (Å²) in [6.45, 7) is 1.56. The predicted molar refractivity (Wildman–Crippen MR) is 64.7 cm³/mol. The minimum atomic E-state index is -0.484. The molecule has 5 nitrogen and oxygen atoms in total. The largest absolute Gasteiger partial charge is 0.478 e. The number of carbonyl (C=O) groups excluding carboxylic acids is 1. The first-order chi connectivity index (χ1) is 8.70. The monoisotopic (exact) mass is 242 g/mol. The molecule has 1 aliphatic rings. The van der Waals surface area contributed by atoms with Crippen molar-refractivity contribution in [1.82, 2.24) is 0 Å². The lowest BCUT2D eigenvalue weighted by atomic mass is 10.1. The van der Waals surface area contributed by atoms with Gasteiger partial charge in [0.2, 0.25) is 0 Å². The number of rotatable bonds is 3. The Balaban J connectivity index is 2.32. The maximum atomic E-state index is 11.4. The van der Waals surface area contributed by atoms with Crippen molar-refractivity contribution in [3.05, 3.63) is 35.5 Å². The number of hydrogen-bond acceptors (Lipinski definition) is 5. The zero-order valence-corrected chi connectivity index (χ0v) is 9.71. The average Bonchev–Trinajstić information content (AvgIpc) is 2.67. The van der Waals surface area contributed by atoms with Gasteiger partial charge in [-0.1, -0.05) is 18.2 Å². The molecular weight excluding hydrogens is 232 g/mol. The Kier molecular flexibility index (Phi) is 3.39. The predicted octanol–water partition coefficient (Wildman–Crippen LogP) is 1.91. The van der Waals surface area contributed by atoms with Gasteiger partial charge >= 0.3 is 5.97 Å². The SMILES string of the molecule is CC1=N/C(=C/c2ccccc2OCC#N)C(=O)O1. The standard InChI is InChI=1S/C13H10N2O3/c1-9-15-11(13(16)18-9)8-10-4-2-3-5-12(10)17-7-6-14/h2-5,8H,7H2,1H3/b11-8+. The maximum Gasteiger partial charge on any atom is 0.363 e. The molecule has 0 saturated carbocycles. The van der Waals surface area contributed by atoms with E-state index >= 15 is 0 Å². The highest BCUT2D eigenvalue weighted by Gasteiger charge is 2.20. The van der Waals surface area contributed by atoms with Crippen LogP contribution < -0.4 is 4.74 Å². The van der Waals surface area contributed by atoms with Crippen molar-refractivity contribution in [2.45, 2.75) is 6.92 Å². The van der Waals surface area contributed by atoms with Gasteiger partial charge in [0.25, 0.3) is 0 Å². The van der Waals surface area contributed by atoms with E-state index in [1.54, 1.807) is 31.2 Å². The van der Waals surface area contributed by atoms with Crippen LogP contribution in [0, 0.1) is 11.3 Å². The summed E-state index contributed by atoms with van der Waals surface area (Å²) in [4.78, 5) is 15.4. The van der Waals surface area contributed by atoms with Gasteiger partial charge in [-0.25, -0.2) is 9.79 Å². The smallest absolute Gasteiger partial charge is 0.363 e. The number of benzene rings is 1. The van der Waals surface area contributed by atoms with E-state index in [0.717, 1.165) is 0 Å². The zero-order chi connectivity index (χ0) is 13.0. The Bertz CT molecular complexity index is 582. The molecule has 1 aliphatic heterocycles. The molecule has 0 aliphatic carbocycles. The molecule has 1 aromatic rings. The Hall–Kier alpha value is -2.61. The molecule has 0 fully saturated rings. The Morgan fingerprint density at radius 1 is 1.50 bits per heavy atom. The van der Waals surface area contributed by atoms with Crippen molar-refractivity contribution in [3.63, 3.8) is 0 Å². The first-order valence-corrected chi connectivity index (χ1v) is 5.28. The number of hydrogen-bond donors (Lipinski definition) is 0. The van der Waals surface area contributed by atoms with Crippen LogP contribution in [0.25, 0.3) is 6.08 Å².